The number of pyridine rings is 1. The molecule has 1 aromatic carbocycles. The van der Waals surface area contributed by atoms with Crippen molar-refractivity contribution >= 4 is 28.3 Å². The van der Waals surface area contributed by atoms with Crippen molar-refractivity contribution in [1.82, 2.24) is 14.9 Å². The summed E-state index contributed by atoms with van der Waals surface area (Å²) in [6, 6.07) is 11.4. The van der Waals surface area contributed by atoms with Crippen molar-refractivity contribution in [3.8, 4) is 5.75 Å². The molecule has 29 heavy (non-hydrogen) atoms. The minimum Gasteiger partial charge on any atom is -0.494 e. The number of anilines is 1. The second-order valence-corrected chi connectivity index (χ2v) is 7.18. The Morgan fingerprint density at radius 1 is 1.28 bits per heavy atom. The number of ether oxygens (including phenoxy) is 1. The fraction of sp³-hybridized carbons (Fsp3) is 0.304. The molecule has 0 bridgehead atoms. The topological polar surface area (TPSA) is 70.2 Å². The average molecular weight is 390 g/mol. The number of aromatic amines is 1. The van der Waals surface area contributed by atoms with Gasteiger partial charge in [0, 0.05) is 36.7 Å². The normalized spacial score (nSPS) is 14.0. The number of unbranched alkanes of at least 4 members (excludes halogenated alkanes) is 1. The van der Waals surface area contributed by atoms with Crippen LogP contribution in [0, 0.1) is 0 Å². The van der Waals surface area contributed by atoms with Crippen LogP contribution in [0.2, 0.25) is 0 Å². The van der Waals surface area contributed by atoms with Crippen molar-refractivity contribution in [3.05, 3.63) is 60.4 Å². The number of rotatable bonds is 6. The molecular formula is C23H26N4O2. The van der Waals surface area contributed by atoms with Gasteiger partial charge in [-0.05, 0) is 54.8 Å². The van der Waals surface area contributed by atoms with Gasteiger partial charge in [0.25, 0.3) is 0 Å². The molecule has 6 nitrogen and oxygen atoms in total. The van der Waals surface area contributed by atoms with Crippen molar-refractivity contribution in [2.75, 3.05) is 25.0 Å². The zero-order valence-corrected chi connectivity index (χ0v) is 16.6. The van der Waals surface area contributed by atoms with Gasteiger partial charge in [-0.3, -0.25) is 4.98 Å². The van der Waals surface area contributed by atoms with Crippen molar-refractivity contribution in [1.29, 1.82) is 0 Å². The Labute approximate surface area is 170 Å². The second kappa shape index (κ2) is 8.82. The first-order valence-electron chi connectivity index (χ1n) is 10.1. The number of urea groups is 1. The first kappa shape index (κ1) is 19.1. The molecule has 3 aromatic rings. The summed E-state index contributed by atoms with van der Waals surface area (Å²) in [4.78, 5) is 22.2. The van der Waals surface area contributed by atoms with Gasteiger partial charge in [-0.15, -0.1) is 0 Å². The fourth-order valence-electron chi connectivity index (χ4n) is 3.47. The predicted octanol–water partition coefficient (Wildman–Crippen LogP) is 5.06. The summed E-state index contributed by atoms with van der Waals surface area (Å²) in [5.74, 6) is 0.828. The zero-order chi connectivity index (χ0) is 20.1. The van der Waals surface area contributed by atoms with E-state index in [1.54, 1.807) is 0 Å². The Morgan fingerprint density at radius 3 is 2.90 bits per heavy atom. The first-order chi connectivity index (χ1) is 14.2. The van der Waals surface area contributed by atoms with Crippen molar-refractivity contribution in [2.24, 2.45) is 0 Å². The standard InChI is InChI=1S/C23H26N4O2/c1-2-3-15-29-19-8-6-18(7-9-19)26-23(28)27-13-10-17(11-14-27)20-16-25-21-5-4-12-24-22(20)21/h4-10,12,16,25H,2-3,11,13-15H2,1H3,(H,26,28). The molecule has 1 aliphatic rings. The summed E-state index contributed by atoms with van der Waals surface area (Å²) < 4.78 is 5.66. The van der Waals surface area contributed by atoms with E-state index in [4.69, 9.17) is 4.74 Å². The van der Waals surface area contributed by atoms with E-state index in [1.807, 2.05) is 53.7 Å². The molecule has 1 aliphatic heterocycles. The predicted molar refractivity (Wildman–Crippen MR) is 116 cm³/mol. The van der Waals surface area contributed by atoms with Gasteiger partial charge in [-0.1, -0.05) is 19.4 Å². The third-order valence-corrected chi connectivity index (χ3v) is 5.15. The van der Waals surface area contributed by atoms with Crippen LogP contribution in [0.4, 0.5) is 10.5 Å². The van der Waals surface area contributed by atoms with Gasteiger partial charge >= 0.3 is 6.03 Å². The number of amides is 2. The molecule has 2 amide bonds. The van der Waals surface area contributed by atoms with Crippen LogP contribution in [0.3, 0.4) is 0 Å². The van der Waals surface area contributed by atoms with E-state index in [0.717, 1.165) is 53.9 Å². The highest BCUT2D eigenvalue weighted by atomic mass is 16.5. The highest BCUT2D eigenvalue weighted by Crippen LogP contribution is 2.28. The monoisotopic (exact) mass is 390 g/mol. The highest BCUT2D eigenvalue weighted by Gasteiger charge is 2.19. The van der Waals surface area contributed by atoms with Crippen LogP contribution >= 0.6 is 0 Å². The maximum atomic E-state index is 12.6. The molecule has 3 heterocycles. The van der Waals surface area contributed by atoms with E-state index in [1.165, 1.54) is 5.57 Å². The Hall–Kier alpha value is -3.28. The third kappa shape index (κ3) is 4.42. The fourth-order valence-corrected chi connectivity index (χ4v) is 3.47. The molecular weight excluding hydrogens is 364 g/mol. The number of hydrogen-bond acceptors (Lipinski definition) is 3. The Bertz CT molecular complexity index is 1010. The van der Waals surface area contributed by atoms with E-state index in [9.17, 15) is 4.79 Å². The quantitative estimate of drug-likeness (QED) is 0.578. The SMILES string of the molecule is CCCCOc1ccc(NC(=O)N2CC=C(c3c[nH]c4cccnc34)CC2)cc1. The van der Waals surface area contributed by atoms with Gasteiger partial charge in [-0.25, -0.2) is 4.79 Å². The van der Waals surface area contributed by atoms with Gasteiger partial charge in [0.2, 0.25) is 0 Å². The lowest BCUT2D eigenvalue weighted by Crippen LogP contribution is -2.37. The molecule has 0 saturated carbocycles. The molecule has 0 aliphatic carbocycles. The van der Waals surface area contributed by atoms with E-state index in [0.29, 0.717) is 13.1 Å². The molecule has 2 N–H and O–H groups in total. The number of fused-ring (bicyclic) bond motifs is 1. The molecule has 0 atom stereocenters. The number of carbonyl (C=O) groups excluding carboxylic acids is 1. The Balaban J connectivity index is 1.35. The van der Waals surface area contributed by atoms with Crippen LogP contribution in [0.1, 0.15) is 31.7 Å². The minimum atomic E-state index is -0.0861. The summed E-state index contributed by atoms with van der Waals surface area (Å²) in [6.45, 7) is 4.11. The van der Waals surface area contributed by atoms with Crippen LogP contribution in [0.5, 0.6) is 5.75 Å². The largest absolute Gasteiger partial charge is 0.494 e. The van der Waals surface area contributed by atoms with Gasteiger partial charge in [0.15, 0.2) is 0 Å². The lowest BCUT2D eigenvalue weighted by Gasteiger charge is -2.26. The molecule has 0 fully saturated rings. The molecule has 2 aromatic heterocycles. The van der Waals surface area contributed by atoms with E-state index >= 15 is 0 Å². The lowest BCUT2D eigenvalue weighted by atomic mass is 10.0. The van der Waals surface area contributed by atoms with Gasteiger partial charge in [0.1, 0.15) is 5.75 Å². The first-order valence-corrected chi connectivity index (χ1v) is 10.1. The van der Waals surface area contributed by atoms with E-state index in [-0.39, 0.29) is 6.03 Å². The Kier molecular flexibility index (Phi) is 5.79. The van der Waals surface area contributed by atoms with E-state index < -0.39 is 0 Å². The smallest absolute Gasteiger partial charge is 0.322 e. The maximum Gasteiger partial charge on any atom is 0.322 e. The molecule has 0 radical (unpaired) electrons. The molecule has 150 valence electrons. The number of benzene rings is 1. The van der Waals surface area contributed by atoms with Crippen LogP contribution in [0.25, 0.3) is 16.6 Å². The van der Waals surface area contributed by atoms with Crippen LogP contribution in [0.15, 0.2) is 54.9 Å². The molecule has 0 unspecified atom stereocenters. The molecule has 6 heteroatoms. The Morgan fingerprint density at radius 2 is 2.14 bits per heavy atom. The molecule has 0 saturated heterocycles. The van der Waals surface area contributed by atoms with Crippen LogP contribution in [-0.4, -0.2) is 40.6 Å². The summed E-state index contributed by atoms with van der Waals surface area (Å²) >= 11 is 0. The highest BCUT2D eigenvalue weighted by molar-refractivity contribution is 5.92. The van der Waals surface area contributed by atoms with Crippen molar-refractivity contribution < 1.29 is 9.53 Å². The molecule has 4 rings (SSSR count). The van der Waals surface area contributed by atoms with Crippen LogP contribution < -0.4 is 10.1 Å². The number of carbonyl (C=O) groups is 1. The number of H-pyrrole nitrogens is 1. The van der Waals surface area contributed by atoms with Crippen LogP contribution in [-0.2, 0) is 0 Å². The molecule has 0 spiro atoms. The van der Waals surface area contributed by atoms with E-state index in [2.05, 4.69) is 28.3 Å². The third-order valence-electron chi connectivity index (χ3n) is 5.15. The summed E-state index contributed by atoms with van der Waals surface area (Å²) in [7, 11) is 0. The lowest BCUT2D eigenvalue weighted by molar-refractivity contribution is 0.217. The second-order valence-electron chi connectivity index (χ2n) is 7.18. The average Bonchev–Trinajstić information content (AvgIpc) is 3.19. The van der Waals surface area contributed by atoms with Gasteiger partial charge in [-0.2, -0.15) is 0 Å². The number of nitrogens with one attached hydrogen (secondary N) is 2. The summed E-state index contributed by atoms with van der Waals surface area (Å²) in [5, 5.41) is 2.97. The van der Waals surface area contributed by atoms with Crippen molar-refractivity contribution in [3.63, 3.8) is 0 Å². The number of aromatic nitrogens is 2. The number of nitrogens with zero attached hydrogens (tertiary/aromatic N) is 2. The van der Waals surface area contributed by atoms with Crippen molar-refractivity contribution in [2.45, 2.75) is 26.2 Å². The zero-order valence-electron chi connectivity index (χ0n) is 16.6. The van der Waals surface area contributed by atoms with Gasteiger partial charge in [0.05, 0.1) is 17.6 Å². The maximum absolute atomic E-state index is 12.6. The number of hydrogen-bond donors (Lipinski definition) is 2. The van der Waals surface area contributed by atoms with Gasteiger partial charge < -0.3 is 19.9 Å². The summed E-state index contributed by atoms with van der Waals surface area (Å²) in [6.07, 6.45) is 8.88. The minimum absolute atomic E-state index is 0.0861. The summed E-state index contributed by atoms with van der Waals surface area (Å²) in [5.41, 5.74) is 5.14.